The second kappa shape index (κ2) is 10.9. The number of ether oxygens (including phenoxy) is 1. The second-order valence-corrected chi connectivity index (χ2v) is 6.87. The zero-order valence-corrected chi connectivity index (χ0v) is 17.6. The van der Waals surface area contributed by atoms with Crippen LogP contribution in [-0.4, -0.2) is 53.1 Å². The smallest absolute Gasteiger partial charge is 0.315 e. The van der Waals surface area contributed by atoms with Gasteiger partial charge in [0, 0.05) is 6.54 Å². The lowest BCUT2D eigenvalue weighted by Crippen LogP contribution is -2.33. The number of benzene rings is 1. The molecular weight excluding hydrogens is 394 g/mol. The summed E-state index contributed by atoms with van der Waals surface area (Å²) in [7, 11) is 0. The average molecular weight is 422 g/mol. The summed E-state index contributed by atoms with van der Waals surface area (Å²) in [6.07, 6.45) is 1.92. The molecular formula is C20H28ClN5O3. The quantitative estimate of drug-likeness (QED) is 0.663. The van der Waals surface area contributed by atoms with Crippen LogP contribution in [0.15, 0.2) is 30.3 Å². The number of hydrogen-bond acceptors (Lipinski definition) is 6. The molecule has 1 atom stereocenters. The molecule has 29 heavy (non-hydrogen) atoms. The highest BCUT2D eigenvalue weighted by Crippen LogP contribution is 2.21. The maximum atomic E-state index is 12.7. The van der Waals surface area contributed by atoms with Crippen LogP contribution < -0.4 is 10.6 Å². The SMILES string of the molecule is CCOC(=O)C(CNC(=O)c1nnn(C2CCNCC2)c1C)c1ccccc1.Cl. The van der Waals surface area contributed by atoms with Crippen LogP contribution >= 0.6 is 12.4 Å². The van der Waals surface area contributed by atoms with E-state index >= 15 is 0 Å². The maximum absolute atomic E-state index is 12.7. The molecule has 0 bridgehead atoms. The monoisotopic (exact) mass is 421 g/mol. The van der Waals surface area contributed by atoms with Crippen molar-refractivity contribution in [1.29, 1.82) is 0 Å². The van der Waals surface area contributed by atoms with Crippen molar-refractivity contribution in [2.45, 2.75) is 38.6 Å². The van der Waals surface area contributed by atoms with E-state index in [1.54, 1.807) is 6.92 Å². The molecule has 1 amide bonds. The number of amides is 1. The van der Waals surface area contributed by atoms with Gasteiger partial charge < -0.3 is 15.4 Å². The Hall–Kier alpha value is -2.45. The fourth-order valence-corrected chi connectivity index (χ4v) is 3.49. The van der Waals surface area contributed by atoms with Gasteiger partial charge in [-0.3, -0.25) is 9.59 Å². The van der Waals surface area contributed by atoms with Gasteiger partial charge in [0.1, 0.15) is 0 Å². The molecule has 0 spiro atoms. The summed E-state index contributed by atoms with van der Waals surface area (Å²) in [5.41, 5.74) is 1.85. The Kier molecular flexibility index (Phi) is 8.60. The van der Waals surface area contributed by atoms with Crippen LogP contribution in [0.5, 0.6) is 0 Å². The van der Waals surface area contributed by atoms with Gasteiger partial charge >= 0.3 is 5.97 Å². The van der Waals surface area contributed by atoms with Gasteiger partial charge in [0.05, 0.1) is 24.3 Å². The first kappa shape index (κ1) is 22.8. The number of piperidine rings is 1. The fraction of sp³-hybridized carbons (Fsp3) is 0.500. The van der Waals surface area contributed by atoms with Crippen molar-refractivity contribution in [2.75, 3.05) is 26.2 Å². The second-order valence-electron chi connectivity index (χ2n) is 6.87. The highest BCUT2D eigenvalue weighted by Gasteiger charge is 2.26. The largest absolute Gasteiger partial charge is 0.465 e. The van der Waals surface area contributed by atoms with E-state index < -0.39 is 5.92 Å². The Morgan fingerprint density at radius 2 is 1.97 bits per heavy atom. The minimum atomic E-state index is -0.565. The molecule has 1 aliphatic rings. The molecule has 9 heteroatoms. The van der Waals surface area contributed by atoms with E-state index in [2.05, 4.69) is 20.9 Å². The van der Waals surface area contributed by atoms with Gasteiger partial charge in [0.2, 0.25) is 0 Å². The summed E-state index contributed by atoms with van der Waals surface area (Å²) in [5.74, 6) is -1.25. The molecule has 1 aromatic carbocycles. The number of rotatable bonds is 7. The molecule has 1 unspecified atom stereocenters. The van der Waals surface area contributed by atoms with Gasteiger partial charge in [0.25, 0.3) is 5.91 Å². The Bertz CT molecular complexity index is 806. The van der Waals surface area contributed by atoms with E-state index in [1.807, 2.05) is 41.9 Å². The minimum absolute atomic E-state index is 0. The standard InChI is InChI=1S/C20H27N5O3.ClH/c1-3-28-20(27)17(15-7-5-4-6-8-15)13-22-19(26)18-14(2)25(24-23-18)16-9-11-21-12-10-16;/h4-8,16-17,21H,3,9-13H2,1-2H3,(H,22,26);1H. The van der Waals surface area contributed by atoms with Crippen molar-refractivity contribution < 1.29 is 14.3 Å². The van der Waals surface area contributed by atoms with Crippen molar-refractivity contribution in [3.8, 4) is 0 Å². The molecule has 1 aromatic heterocycles. The number of hydrogen-bond donors (Lipinski definition) is 2. The maximum Gasteiger partial charge on any atom is 0.315 e. The van der Waals surface area contributed by atoms with E-state index in [-0.39, 0.29) is 36.9 Å². The molecule has 0 saturated carbocycles. The highest BCUT2D eigenvalue weighted by molar-refractivity contribution is 5.93. The van der Waals surface area contributed by atoms with Crippen molar-refractivity contribution in [3.63, 3.8) is 0 Å². The van der Waals surface area contributed by atoms with Crippen molar-refractivity contribution in [2.24, 2.45) is 0 Å². The van der Waals surface area contributed by atoms with Gasteiger partial charge in [0.15, 0.2) is 5.69 Å². The number of aromatic nitrogens is 3. The van der Waals surface area contributed by atoms with Crippen LogP contribution in [0.3, 0.4) is 0 Å². The molecule has 1 saturated heterocycles. The van der Waals surface area contributed by atoms with Gasteiger partial charge in [-0.2, -0.15) is 0 Å². The summed E-state index contributed by atoms with van der Waals surface area (Å²) in [6, 6.07) is 9.56. The summed E-state index contributed by atoms with van der Waals surface area (Å²) in [5, 5.41) is 14.4. The zero-order chi connectivity index (χ0) is 19.9. The van der Waals surface area contributed by atoms with Crippen LogP contribution in [0.1, 0.15) is 53.5 Å². The molecule has 3 rings (SSSR count). The molecule has 2 N–H and O–H groups in total. The molecule has 8 nitrogen and oxygen atoms in total. The van der Waals surface area contributed by atoms with Crippen LogP contribution in [0.25, 0.3) is 0 Å². The Labute approximate surface area is 176 Å². The number of carbonyl (C=O) groups is 2. The third-order valence-corrected chi connectivity index (χ3v) is 5.04. The Morgan fingerprint density at radius 1 is 1.28 bits per heavy atom. The zero-order valence-electron chi connectivity index (χ0n) is 16.8. The van der Waals surface area contributed by atoms with Gasteiger partial charge in [-0.1, -0.05) is 35.5 Å². The fourth-order valence-electron chi connectivity index (χ4n) is 3.49. The first-order valence-corrected chi connectivity index (χ1v) is 9.74. The van der Waals surface area contributed by atoms with E-state index in [4.69, 9.17) is 4.74 Å². The van der Waals surface area contributed by atoms with Gasteiger partial charge in [-0.05, 0) is 45.3 Å². The predicted molar refractivity (Wildman–Crippen MR) is 111 cm³/mol. The van der Waals surface area contributed by atoms with Crippen LogP contribution in [0.4, 0.5) is 0 Å². The summed E-state index contributed by atoms with van der Waals surface area (Å²) in [4.78, 5) is 25.0. The normalized spacial score (nSPS) is 15.2. The summed E-state index contributed by atoms with van der Waals surface area (Å²) < 4.78 is 7.02. The van der Waals surface area contributed by atoms with Crippen LogP contribution in [0, 0.1) is 6.92 Å². The number of halogens is 1. The lowest BCUT2D eigenvalue weighted by atomic mass is 9.99. The van der Waals surface area contributed by atoms with Gasteiger partial charge in [-0.15, -0.1) is 17.5 Å². The lowest BCUT2D eigenvalue weighted by Gasteiger charge is -2.23. The lowest BCUT2D eigenvalue weighted by molar-refractivity contribution is -0.144. The third-order valence-electron chi connectivity index (χ3n) is 5.04. The molecule has 2 aromatic rings. The molecule has 158 valence electrons. The predicted octanol–water partition coefficient (Wildman–Crippen LogP) is 2.01. The van der Waals surface area contributed by atoms with Crippen molar-refractivity contribution in [1.82, 2.24) is 25.6 Å². The average Bonchev–Trinajstić information content (AvgIpc) is 3.11. The van der Waals surface area contributed by atoms with Crippen LogP contribution in [0.2, 0.25) is 0 Å². The Balaban J connectivity index is 0.00000300. The van der Waals surface area contributed by atoms with E-state index in [9.17, 15) is 9.59 Å². The van der Waals surface area contributed by atoms with E-state index in [1.165, 1.54) is 0 Å². The van der Waals surface area contributed by atoms with Gasteiger partial charge in [-0.25, -0.2) is 4.68 Å². The number of carbonyl (C=O) groups excluding carboxylic acids is 2. The van der Waals surface area contributed by atoms with Crippen molar-refractivity contribution in [3.05, 3.63) is 47.3 Å². The molecule has 1 aliphatic heterocycles. The summed E-state index contributed by atoms with van der Waals surface area (Å²) >= 11 is 0. The number of esters is 1. The number of nitrogens with one attached hydrogen (secondary N) is 2. The first-order chi connectivity index (χ1) is 13.6. The Morgan fingerprint density at radius 3 is 2.62 bits per heavy atom. The van der Waals surface area contributed by atoms with Crippen LogP contribution in [-0.2, 0) is 9.53 Å². The molecule has 2 heterocycles. The first-order valence-electron chi connectivity index (χ1n) is 9.74. The summed E-state index contributed by atoms with van der Waals surface area (Å²) in [6.45, 7) is 5.92. The highest BCUT2D eigenvalue weighted by atomic mass is 35.5. The molecule has 0 radical (unpaired) electrons. The third kappa shape index (κ3) is 5.55. The van der Waals surface area contributed by atoms with E-state index in [0.717, 1.165) is 37.2 Å². The minimum Gasteiger partial charge on any atom is -0.465 e. The van der Waals surface area contributed by atoms with E-state index in [0.29, 0.717) is 12.3 Å². The molecule has 1 fully saturated rings. The topological polar surface area (TPSA) is 98.1 Å². The number of nitrogens with zero attached hydrogens (tertiary/aromatic N) is 3. The van der Waals surface area contributed by atoms with Crippen molar-refractivity contribution >= 4 is 24.3 Å². The molecule has 0 aliphatic carbocycles.